The first-order valence-electron chi connectivity index (χ1n) is 5.59. The molecule has 21 heavy (non-hydrogen) atoms. The predicted molar refractivity (Wildman–Crippen MR) is 60.4 cm³/mol. The van der Waals surface area contributed by atoms with Crippen LogP contribution in [0.2, 0.25) is 0 Å². The summed E-state index contributed by atoms with van der Waals surface area (Å²) in [5, 5.41) is 0.00788. The Morgan fingerprint density at radius 2 is 1.62 bits per heavy atom. The van der Waals surface area contributed by atoms with Crippen LogP contribution in [0.15, 0.2) is 11.0 Å². The van der Waals surface area contributed by atoms with E-state index in [-0.39, 0.29) is 24.0 Å². The van der Waals surface area contributed by atoms with E-state index in [4.69, 9.17) is 0 Å². The minimum Gasteiger partial charge on any atom is -0.272 e. The summed E-state index contributed by atoms with van der Waals surface area (Å²) in [6.07, 6.45) is -0.473. The molecule has 1 saturated heterocycles. The molecule has 1 fully saturated rings. The molecular weight excluding hydrogens is 315 g/mol. The van der Waals surface area contributed by atoms with Gasteiger partial charge in [-0.15, -0.1) is 9.35 Å². The van der Waals surface area contributed by atoms with Gasteiger partial charge in [-0.25, -0.2) is 13.2 Å². The van der Waals surface area contributed by atoms with Crippen LogP contribution in [0.5, 0.6) is 0 Å². The van der Waals surface area contributed by atoms with Gasteiger partial charge in [0, 0.05) is 18.4 Å². The van der Waals surface area contributed by atoms with E-state index < -0.39 is 49.8 Å². The van der Waals surface area contributed by atoms with Gasteiger partial charge in [-0.1, -0.05) is 0 Å². The standard InChI is InChI=1S/C11H8F3NO5S/c1-5-7(4-6(12)11(14)10(5)13)21(18,19)20-15-8(16)2-3-9(15)17/h4H,2-3H2,1H3. The normalized spacial score (nSPS) is 15.9. The van der Waals surface area contributed by atoms with E-state index in [1.165, 1.54) is 0 Å². The topological polar surface area (TPSA) is 80.8 Å². The summed E-state index contributed by atoms with van der Waals surface area (Å²) in [6.45, 7) is 0.891. The molecule has 0 unspecified atom stereocenters. The lowest BCUT2D eigenvalue weighted by molar-refractivity contribution is -0.163. The van der Waals surface area contributed by atoms with Crippen LogP contribution in [0.4, 0.5) is 13.2 Å². The molecular formula is C11H8F3NO5S. The van der Waals surface area contributed by atoms with Crippen molar-refractivity contribution < 1.29 is 35.5 Å². The number of nitrogens with zero attached hydrogens (tertiary/aromatic N) is 1. The highest BCUT2D eigenvalue weighted by atomic mass is 32.2. The zero-order chi connectivity index (χ0) is 15.9. The number of carbonyl (C=O) groups is 2. The van der Waals surface area contributed by atoms with Gasteiger partial charge in [0.1, 0.15) is 4.90 Å². The number of hydrogen-bond acceptors (Lipinski definition) is 5. The third-order valence-electron chi connectivity index (χ3n) is 2.81. The molecule has 2 amide bonds. The second-order valence-electron chi connectivity index (χ2n) is 4.22. The van der Waals surface area contributed by atoms with E-state index in [0.29, 0.717) is 0 Å². The first-order chi connectivity index (χ1) is 9.65. The minimum atomic E-state index is -4.86. The smallest absolute Gasteiger partial charge is 0.272 e. The van der Waals surface area contributed by atoms with Gasteiger partial charge < -0.3 is 0 Å². The summed E-state index contributed by atoms with van der Waals surface area (Å²) < 4.78 is 67.6. The van der Waals surface area contributed by atoms with Gasteiger partial charge in [0.15, 0.2) is 17.5 Å². The molecule has 0 spiro atoms. The summed E-state index contributed by atoms with van der Waals surface area (Å²) in [4.78, 5) is 21.5. The van der Waals surface area contributed by atoms with Crippen molar-refractivity contribution in [2.24, 2.45) is 0 Å². The fourth-order valence-corrected chi connectivity index (χ4v) is 2.86. The second-order valence-corrected chi connectivity index (χ2v) is 5.72. The minimum absolute atomic E-state index is 0.00788. The lowest BCUT2D eigenvalue weighted by atomic mass is 10.2. The van der Waals surface area contributed by atoms with E-state index in [9.17, 15) is 31.2 Å². The zero-order valence-electron chi connectivity index (χ0n) is 10.5. The highest BCUT2D eigenvalue weighted by Crippen LogP contribution is 2.26. The number of hydrogen-bond donors (Lipinski definition) is 0. The van der Waals surface area contributed by atoms with Crippen LogP contribution in [0.1, 0.15) is 18.4 Å². The van der Waals surface area contributed by atoms with Crippen molar-refractivity contribution in [1.82, 2.24) is 5.06 Å². The van der Waals surface area contributed by atoms with Gasteiger partial charge in [-0.2, -0.15) is 8.42 Å². The molecule has 1 aliphatic rings. The molecule has 2 rings (SSSR count). The van der Waals surface area contributed by atoms with Crippen LogP contribution >= 0.6 is 0 Å². The van der Waals surface area contributed by atoms with Crippen LogP contribution in [-0.4, -0.2) is 25.3 Å². The summed E-state index contributed by atoms with van der Waals surface area (Å²) in [5.41, 5.74) is -0.729. The Bertz CT molecular complexity index is 731. The Morgan fingerprint density at radius 3 is 2.14 bits per heavy atom. The van der Waals surface area contributed by atoms with E-state index >= 15 is 0 Å². The highest BCUT2D eigenvalue weighted by Gasteiger charge is 2.36. The molecule has 0 N–H and O–H groups in total. The lowest BCUT2D eigenvalue weighted by Crippen LogP contribution is -2.32. The fourth-order valence-electron chi connectivity index (χ4n) is 1.70. The number of benzene rings is 1. The van der Waals surface area contributed by atoms with Gasteiger partial charge in [0.05, 0.1) is 0 Å². The second kappa shape index (κ2) is 5.11. The third-order valence-corrected chi connectivity index (χ3v) is 4.11. The molecule has 6 nitrogen and oxygen atoms in total. The number of halogens is 3. The Labute approximate surface area is 117 Å². The molecule has 114 valence electrons. The van der Waals surface area contributed by atoms with Crippen molar-refractivity contribution in [1.29, 1.82) is 0 Å². The fraction of sp³-hybridized carbons (Fsp3) is 0.273. The van der Waals surface area contributed by atoms with Crippen LogP contribution in [0.3, 0.4) is 0 Å². The summed E-state index contributed by atoms with van der Waals surface area (Å²) in [5.74, 6) is -7.07. The Hall–Kier alpha value is -1.94. The molecule has 0 aromatic heterocycles. The predicted octanol–water partition coefficient (Wildman–Crippen LogP) is 1.18. The van der Waals surface area contributed by atoms with E-state index in [1.807, 2.05) is 0 Å². The van der Waals surface area contributed by atoms with Gasteiger partial charge >= 0.3 is 10.1 Å². The highest BCUT2D eigenvalue weighted by molar-refractivity contribution is 7.86. The first-order valence-corrected chi connectivity index (χ1v) is 7.00. The molecule has 0 saturated carbocycles. The molecule has 1 aromatic carbocycles. The third kappa shape index (κ3) is 2.63. The molecule has 10 heteroatoms. The average Bonchev–Trinajstić information content (AvgIpc) is 2.71. The van der Waals surface area contributed by atoms with E-state index in [0.717, 1.165) is 6.92 Å². The van der Waals surface area contributed by atoms with Crippen molar-refractivity contribution in [3.8, 4) is 0 Å². The molecule has 1 aliphatic heterocycles. The van der Waals surface area contributed by atoms with E-state index in [2.05, 4.69) is 4.28 Å². The van der Waals surface area contributed by atoms with Gasteiger partial charge in [-0.3, -0.25) is 9.59 Å². The number of hydroxylamine groups is 2. The van der Waals surface area contributed by atoms with Crippen LogP contribution in [0.25, 0.3) is 0 Å². The number of carbonyl (C=O) groups excluding carboxylic acids is 2. The number of imide groups is 1. The van der Waals surface area contributed by atoms with Crippen molar-refractivity contribution in [2.45, 2.75) is 24.7 Å². The lowest BCUT2D eigenvalue weighted by Gasteiger charge is -2.14. The molecule has 0 bridgehead atoms. The Balaban J connectivity index is 2.46. The molecule has 0 atom stereocenters. The van der Waals surface area contributed by atoms with Gasteiger partial charge in [0.2, 0.25) is 0 Å². The maximum absolute atomic E-state index is 13.4. The number of amides is 2. The van der Waals surface area contributed by atoms with Crippen LogP contribution < -0.4 is 0 Å². The van der Waals surface area contributed by atoms with Crippen molar-refractivity contribution in [3.05, 3.63) is 29.1 Å². The summed E-state index contributed by atoms with van der Waals surface area (Å²) in [7, 11) is -4.86. The van der Waals surface area contributed by atoms with Crippen molar-refractivity contribution >= 4 is 21.9 Å². The molecule has 1 aromatic rings. The van der Waals surface area contributed by atoms with Gasteiger partial charge in [0.25, 0.3) is 11.8 Å². The van der Waals surface area contributed by atoms with Crippen LogP contribution in [0, 0.1) is 24.4 Å². The quantitative estimate of drug-likeness (QED) is 0.616. The largest absolute Gasteiger partial charge is 0.318 e. The maximum Gasteiger partial charge on any atom is 0.318 e. The van der Waals surface area contributed by atoms with E-state index in [1.54, 1.807) is 0 Å². The number of rotatable bonds is 3. The first kappa shape index (κ1) is 15.4. The van der Waals surface area contributed by atoms with Crippen LogP contribution in [-0.2, 0) is 24.0 Å². The average molecular weight is 323 g/mol. The van der Waals surface area contributed by atoms with Crippen molar-refractivity contribution in [3.63, 3.8) is 0 Å². The van der Waals surface area contributed by atoms with Crippen molar-refractivity contribution in [2.75, 3.05) is 0 Å². The SMILES string of the molecule is Cc1c(S(=O)(=O)ON2C(=O)CCC2=O)cc(F)c(F)c1F. The Kier molecular flexibility index (Phi) is 3.76. The monoisotopic (exact) mass is 323 g/mol. The maximum atomic E-state index is 13.4. The van der Waals surface area contributed by atoms with Gasteiger partial charge in [-0.05, 0) is 13.0 Å². The Morgan fingerprint density at radius 1 is 1.10 bits per heavy atom. The zero-order valence-corrected chi connectivity index (χ0v) is 11.3. The summed E-state index contributed by atoms with van der Waals surface area (Å²) in [6, 6.07) is 0.216. The molecule has 0 radical (unpaired) electrons. The molecule has 1 heterocycles. The summed E-state index contributed by atoms with van der Waals surface area (Å²) >= 11 is 0. The molecule has 0 aliphatic carbocycles.